The van der Waals surface area contributed by atoms with E-state index in [4.69, 9.17) is 4.74 Å². The van der Waals surface area contributed by atoms with Crippen molar-refractivity contribution in [1.29, 1.82) is 0 Å². The zero-order chi connectivity index (χ0) is 23.6. The number of ether oxygens (including phenoxy) is 1. The summed E-state index contributed by atoms with van der Waals surface area (Å²) < 4.78 is 32.9. The molecule has 4 rings (SSSR count). The molecule has 0 radical (unpaired) electrons. The Balaban J connectivity index is 1.33. The molecule has 0 atom stereocenters. The Morgan fingerprint density at radius 2 is 1.76 bits per heavy atom. The zero-order valence-electron chi connectivity index (χ0n) is 19.3. The highest BCUT2D eigenvalue weighted by molar-refractivity contribution is 7.99. The fourth-order valence-corrected chi connectivity index (χ4v) is 6.97. The topological polar surface area (TPSA) is 92.7 Å². The van der Waals surface area contributed by atoms with Gasteiger partial charge >= 0.3 is 0 Å². The van der Waals surface area contributed by atoms with Gasteiger partial charge in [-0.2, -0.15) is 4.31 Å². The summed E-state index contributed by atoms with van der Waals surface area (Å²) in [5, 5.41) is 0.630. The minimum absolute atomic E-state index is 0.00283. The summed E-state index contributed by atoms with van der Waals surface area (Å²) in [5.74, 6) is 0.930. The van der Waals surface area contributed by atoms with E-state index in [1.165, 1.54) is 18.9 Å². The van der Waals surface area contributed by atoms with Crippen molar-refractivity contribution in [3.63, 3.8) is 0 Å². The van der Waals surface area contributed by atoms with E-state index in [2.05, 4.69) is 9.97 Å². The lowest BCUT2D eigenvalue weighted by Gasteiger charge is -2.38. The highest BCUT2D eigenvalue weighted by atomic mass is 32.2. The molecule has 2 aliphatic heterocycles. The Hall–Kier alpha value is -2.17. The molecule has 33 heavy (non-hydrogen) atoms. The molecule has 3 heterocycles. The largest absolute Gasteiger partial charge is 0.497 e. The summed E-state index contributed by atoms with van der Waals surface area (Å²) in [5.41, 5.74) is 1.79. The Kier molecular flexibility index (Phi) is 6.97. The molecular weight excluding hydrogens is 460 g/mol. The van der Waals surface area contributed by atoms with Crippen molar-refractivity contribution in [2.45, 2.75) is 43.2 Å². The first kappa shape index (κ1) is 24.0. The SMILES string of the molecule is COc1cccc(S(=O)(=O)N2CCC3(CCN(C(=O)CSc4nc(C)cc(C)n4)C3)CC2)c1. The smallest absolute Gasteiger partial charge is 0.243 e. The van der Waals surface area contributed by atoms with Crippen LogP contribution in [0.4, 0.5) is 0 Å². The predicted octanol–water partition coefficient (Wildman–Crippen LogP) is 2.90. The number of aryl methyl sites for hydroxylation is 2. The van der Waals surface area contributed by atoms with Crippen LogP contribution in [0.15, 0.2) is 40.4 Å². The van der Waals surface area contributed by atoms with E-state index in [1.807, 2.05) is 24.8 Å². The maximum absolute atomic E-state index is 13.1. The number of nitrogens with zero attached hydrogens (tertiary/aromatic N) is 4. The molecule has 1 aromatic heterocycles. The molecule has 2 aromatic rings. The first-order valence-corrected chi connectivity index (χ1v) is 13.5. The molecule has 10 heteroatoms. The molecule has 2 saturated heterocycles. The van der Waals surface area contributed by atoms with Crippen LogP contribution in [0.25, 0.3) is 0 Å². The number of carbonyl (C=O) groups is 1. The van der Waals surface area contributed by atoms with Gasteiger partial charge in [0.15, 0.2) is 5.16 Å². The number of hydrogen-bond donors (Lipinski definition) is 0. The van der Waals surface area contributed by atoms with Crippen LogP contribution >= 0.6 is 11.8 Å². The number of methoxy groups -OCH3 is 1. The fraction of sp³-hybridized carbons (Fsp3) is 0.522. The van der Waals surface area contributed by atoms with Crippen molar-refractivity contribution in [2.24, 2.45) is 5.41 Å². The monoisotopic (exact) mass is 490 g/mol. The second-order valence-corrected chi connectivity index (χ2v) is 11.8. The number of thioether (sulfide) groups is 1. The average Bonchev–Trinajstić information content (AvgIpc) is 3.20. The quantitative estimate of drug-likeness (QED) is 0.454. The average molecular weight is 491 g/mol. The number of hydrogen-bond acceptors (Lipinski definition) is 7. The molecule has 1 amide bonds. The van der Waals surface area contributed by atoms with E-state index in [1.54, 1.807) is 28.6 Å². The number of carbonyl (C=O) groups excluding carboxylic acids is 1. The molecule has 0 saturated carbocycles. The second-order valence-electron chi connectivity index (χ2n) is 8.87. The van der Waals surface area contributed by atoms with Gasteiger partial charge in [0.25, 0.3) is 0 Å². The van der Waals surface area contributed by atoms with Crippen LogP contribution in [0.2, 0.25) is 0 Å². The molecular formula is C23H30N4O4S2. The Bertz CT molecular complexity index is 1110. The van der Waals surface area contributed by atoms with Crippen molar-refractivity contribution in [2.75, 3.05) is 39.0 Å². The minimum atomic E-state index is -3.56. The maximum atomic E-state index is 13.1. The van der Waals surface area contributed by atoms with Gasteiger partial charge < -0.3 is 9.64 Å². The van der Waals surface area contributed by atoms with E-state index in [9.17, 15) is 13.2 Å². The fourth-order valence-electron chi connectivity index (χ4n) is 4.64. The van der Waals surface area contributed by atoms with Crippen LogP contribution in [0.3, 0.4) is 0 Å². The third kappa shape index (κ3) is 5.33. The Morgan fingerprint density at radius 3 is 2.42 bits per heavy atom. The summed E-state index contributed by atoms with van der Waals surface area (Å²) in [7, 11) is -2.04. The lowest BCUT2D eigenvalue weighted by molar-refractivity contribution is -0.127. The van der Waals surface area contributed by atoms with Crippen molar-refractivity contribution in [3.05, 3.63) is 41.7 Å². The number of amides is 1. The molecule has 0 N–H and O–H groups in total. The summed E-state index contributed by atoms with van der Waals surface area (Å²) in [6.45, 7) is 6.18. The Morgan fingerprint density at radius 1 is 1.09 bits per heavy atom. The third-order valence-corrected chi connectivity index (χ3v) is 9.27. The van der Waals surface area contributed by atoms with Crippen LogP contribution in [0, 0.1) is 19.3 Å². The van der Waals surface area contributed by atoms with Crippen molar-refractivity contribution < 1.29 is 17.9 Å². The molecule has 0 bridgehead atoms. The van der Waals surface area contributed by atoms with Gasteiger partial charge in [-0.15, -0.1) is 0 Å². The van der Waals surface area contributed by atoms with Crippen molar-refractivity contribution in [1.82, 2.24) is 19.2 Å². The van der Waals surface area contributed by atoms with Crippen LogP contribution in [0.1, 0.15) is 30.7 Å². The molecule has 8 nitrogen and oxygen atoms in total. The number of piperidine rings is 1. The molecule has 1 aromatic carbocycles. The van der Waals surface area contributed by atoms with Gasteiger partial charge in [0.05, 0.1) is 17.8 Å². The van der Waals surface area contributed by atoms with Crippen LogP contribution in [-0.2, 0) is 14.8 Å². The summed E-state index contributed by atoms with van der Waals surface area (Å²) in [6.07, 6.45) is 2.43. The lowest BCUT2D eigenvalue weighted by Crippen LogP contribution is -2.44. The highest BCUT2D eigenvalue weighted by Gasteiger charge is 2.44. The zero-order valence-corrected chi connectivity index (χ0v) is 20.9. The molecule has 2 aliphatic rings. The Labute approximate surface area is 199 Å². The maximum Gasteiger partial charge on any atom is 0.243 e. The first-order valence-electron chi connectivity index (χ1n) is 11.1. The second kappa shape index (κ2) is 9.60. The van der Waals surface area contributed by atoms with Gasteiger partial charge in [-0.3, -0.25) is 4.79 Å². The number of sulfonamides is 1. The van der Waals surface area contributed by atoms with Crippen molar-refractivity contribution >= 4 is 27.7 Å². The van der Waals surface area contributed by atoms with Gasteiger partial charge in [0, 0.05) is 43.6 Å². The number of rotatable bonds is 6. The molecule has 1 spiro atoms. The number of benzene rings is 1. The van der Waals surface area contributed by atoms with E-state index >= 15 is 0 Å². The molecule has 0 unspecified atom stereocenters. The van der Waals surface area contributed by atoms with Gasteiger partial charge in [-0.1, -0.05) is 17.8 Å². The summed E-state index contributed by atoms with van der Waals surface area (Å²) in [4.78, 5) is 23.8. The summed E-state index contributed by atoms with van der Waals surface area (Å²) in [6, 6.07) is 8.51. The van der Waals surface area contributed by atoms with E-state index < -0.39 is 10.0 Å². The van der Waals surface area contributed by atoms with Gasteiger partial charge in [0.2, 0.25) is 15.9 Å². The van der Waals surface area contributed by atoms with E-state index in [0.717, 1.165) is 37.2 Å². The molecule has 2 fully saturated rings. The lowest BCUT2D eigenvalue weighted by atomic mass is 9.78. The highest BCUT2D eigenvalue weighted by Crippen LogP contribution is 2.41. The van der Waals surface area contributed by atoms with Crippen molar-refractivity contribution in [3.8, 4) is 5.75 Å². The number of likely N-dealkylation sites (tertiary alicyclic amines) is 1. The normalized spacial score (nSPS) is 18.6. The van der Waals surface area contributed by atoms with Gasteiger partial charge in [0.1, 0.15) is 5.75 Å². The van der Waals surface area contributed by atoms with Crippen LogP contribution < -0.4 is 4.74 Å². The van der Waals surface area contributed by atoms with E-state index in [0.29, 0.717) is 36.3 Å². The third-order valence-electron chi connectivity index (χ3n) is 6.54. The van der Waals surface area contributed by atoms with E-state index in [-0.39, 0.29) is 16.2 Å². The first-order chi connectivity index (χ1) is 15.7. The summed E-state index contributed by atoms with van der Waals surface area (Å²) >= 11 is 1.37. The molecule has 0 aliphatic carbocycles. The van der Waals surface area contributed by atoms with Gasteiger partial charge in [-0.05, 0) is 56.7 Å². The predicted molar refractivity (Wildman–Crippen MR) is 127 cm³/mol. The van der Waals surface area contributed by atoms with Crippen LogP contribution in [-0.4, -0.2) is 72.5 Å². The number of aromatic nitrogens is 2. The minimum Gasteiger partial charge on any atom is -0.497 e. The van der Waals surface area contributed by atoms with Crippen LogP contribution in [0.5, 0.6) is 5.75 Å². The standard InChI is InChI=1S/C23H30N4O4S2/c1-17-13-18(2)25-22(24-17)32-15-21(28)26-10-7-23(16-26)8-11-27(12-9-23)33(29,30)20-6-4-5-19(14-20)31-3/h4-6,13-14H,7-12,15-16H2,1-3H3. The van der Waals surface area contributed by atoms with Gasteiger partial charge in [-0.25, -0.2) is 18.4 Å². The molecule has 178 valence electrons.